The summed E-state index contributed by atoms with van der Waals surface area (Å²) in [6.45, 7) is 1.91. The number of carbonyl (C=O) groups excluding carboxylic acids is 4. The van der Waals surface area contributed by atoms with Crippen LogP contribution in [0.4, 0.5) is 11.4 Å². The maximum Gasteiger partial charge on any atom is 0.338 e. The maximum atomic E-state index is 12.1. The minimum Gasteiger partial charge on any atom is -0.497 e. The molecule has 0 heterocycles. The lowest BCUT2D eigenvalue weighted by molar-refractivity contribution is -0.147. The van der Waals surface area contributed by atoms with Gasteiger partial charge in [0.1, 0.15) is 11.5 Å². The van der Waals surface area contributed by atoms with Gasteiger partial charge in [0.05, 0.1) is 32.1 Å². The Bertz CT molecular complexity index is 1040. The molecule has 2 N–H and O–H groups in total. The predicted molar refractivity (Wildman–Crippen MR) is 133 cm³/mol. The molecule has 0 radical (unpaired) electrons. The van der Waals surface area contributed by atoms with E-state index in [0.29, 0.717) is 35.0 Å². The number of ether oxygens (including phenoxy) is 4. The minimum atomic E-state index is -0.596. The molecule has 2 aromatic rings. The van der Waals surface area contributed by atoms with Crippen LogP contribution in [0.25, 0.3) is 0 Å². The fourth-order valence-corrected chi connectivity index (χ4v) is 3.02. The van der Waals surface area contributed by atoms with Crippen molar-refractivity contribution >= 4 is 35.1 Å². The second-order valence-corrected chi connectivity index (χ2v) is 7.74. The van der Waals surface area contributed by atoms with Crippen LogP contribution in [0.15, 0.2) is 42.5 Å². The van der Waals surface area contributed by atoms with Crippen molar-refractivity contribution in [3.05, 3.63) is 48.0 Å². The zero-order valence-corrected chi connectivity index (χ0v) is 20.8. The molecule has 0 saturated heterocycles. The Hall–Kier alpha value is -4.08. The number of unbranched alkanes of at least 4 members (excludes halogenated alkanes) is 1. The van der Waals surface area contributed by atoms with Gasteiger partial charge in [-0.3, -0.25) is 14.4 Å². The number of amides is 2. The van der Waals surface area contributed by atoms with Crippen molar-refractivity contribution in [3.8, 4) is 11.5 Å². The highest BCUT2D eigenvalue weighted by molar-refractivity contribution is 5.95. The summed E-state index contributed by atoms with van der Waals surface area (Å²) in [6, 6.07) is 11.3. The van der Waals surface area contributed by atoms with Gasteiger partial charge in [-0.1, -0.05) is 13.3 Å². The number of carbonyl (C=O) groups is 4. The van der Waals surface area contributed by atoms with Crippen molar-refractivity contribution in [2.45, 2.75) is 39.0 Å². The van der Waals surface area contributed by atoms with Gasteiger partial charge in [0.2, 0.25) is 5.91 Å². The highest BCUT2D eigenvalue weighted by Crippen LogP contribution is 2.28. The molecule has 0 atom stereocenters. The molecule has 2 amide bonds. The van der Waals surface area contributed by atoms with Crippen LogP contribution >= 0.6 is 0 Å². The fraction of sp³-hybridized carbons (Fsp3) is 0.385. The van der Waals surface area contributed by atoms with E-state index < -0.39 is 24.5 Å². The molecular formula is C26H32N2O8. The standard InChI is InChI=1S/C26H32N2O8/c1-4-5-15-35-26(32)18-9-11-19(12-10-18)27-23(29)7-6-8-25(31)36-17-24(30)28-21-16-20(33-2)13-14-22(21)34-3/h9-14,16H,4-8,15,17H2,1-3H3,(H,27,29)(H,28,30). The van der Waals surface area contributed by atoms with E-state index in [1.54, 1.807) is 42.5 Å². The Kier molecular flexibility index (Phi) is 11.8. The molecule has 0 fully saturated rings. The Labute approximate surface area is 210 Å². The van der Waals surface area contributed by atoms with Crippen molar-refractivity contribution in [2.24, 2.45) is 0 Å². The molecule has 0 aromatic heterocycles. The first-order valence-corrected chi connectivity index (χ1v) is 11.6. The van der Waals surface area contributed by atoms with E-state index in [9.17, 15) is 19.2 Å². The maximum absolute atomic E-state index is 12.1. The molecule has 0 spiro atoms. The first kappa shape index (κ1) is 28.2. The van der Waals surface area contributed by atoms with Crippen LogP contribution in [0.1, 0.15) is 49.4 Å². The first-order valence-electron chi connectivity index (χ1n) is 11.6. The Morgan fingerprint density at radius 2 is 1.56 bits per heavy atom. The minimum absolute atomic E-state index is 0.0221. The third-order valence-corrected chi connectivity index (χ3v) is 4.97. The molecule has 0 aliphatic carbocycles. The summed E-state index contributed by atoms with van der Waals surface area (Å²) in [4.78, 5) is 48.1. The molecule has 0 saturated carbocycles. The molecule has 194 valence electrons. The molecule has 2 rings (SSSR count). The number of benzene rings is 2. The predicted octanol–water partition coefficient (Wildman–Crippen LogP) is 3.95. The highest BCUT2D eigenvalue weighted by atomic mass is 16.5. The van der Waals surface area contributed by atoms with Crippen molar-refractivity contribution < 1.29 is 38.1 Å². The summed E-state index contributed by atoms with van der Waals surface area (Å²) >= 11 is 0. The quantitative estimate of drug-likeness (QED) is 0.295. The largest absolute Gasteiger partial charge is 0.497 e. The van der Waals surface area contributed by atoms with Gasteiger partial charge < -0.3 is 29.6 Å². The zero-order valence-electron chi connectivity index (χ0n) is 20.8. The van der Waals surface area contributed by atoms with Crippen molar-refractivity contribution in [3.63, 3.8) is 0 Å². The van der Waals surface area contributed by atoms with Crippen LogP contribution in [0.3, 0.4) is 0 Å². The van der Waals surface area contributed by atoms with Crippen molar-refractivity contribution in [1.29, 1.82) is 0 Å². The van der Waals surface area contributed by atoms with Gasteiger partial charge in [-0.2, -0.15) is 0 Å². The van der Waals surface area contributed by atoms with Gasteiger partial charge in [0.25, 0.3) is 5.91 Å². The number of nitrogens with one attached hydrogen (secondary N) is 2. The summed E-state index contributed by atoms with van der Waals surface area (Å²) in [5, 5.41) is 5.30. The molecule has 10 nitrogen and oxygen atoms in total. The number of rotatable bonds is 14. The van der Waals surface area contributed by atoms with E-state index in [-0.39, 0.29) is 25.2 Å². The molecule has 36 heavy (non-hydrogen) atoms. The lowest BCUT2D eigenvalue weighted by atomic mass is 10.2. The van der Waals surface area contributed by atoms with E-state index in [1.165, 1.54) is 14.2 Å². The van der Waals surface area contributed by atoms with Crippen molar-refractivity contribution in [1.82, 2.24) is 0 Å². The lowest BCUT2D eigenvalue weighted by Gasteiger charge is -2.12. The van der Waals surface area contributed by atoms with Gasteiger partial charge in [-0.05, 0) is 49.2 Å². The molecule has 10 heteroatoms. The van der Waals surface area contributed by atoms with Crippen LogP contribution in [0.5, 0.6) is 11.5 Å². The Morgan fingerprint density at radius 1 is 0.806 bits per heavy atom. The summed E-state index contributed by atoms with van der Waals surface area (Å²) in [7, 11) is 2.97. The third-order valence-electron chi connectivity index (χ3n) is 4.97. The van der Waals surface area contributed by atoms with Crippen LogP contribution in [-0.4, -0.2) is 51.2 Å². The summed E-state index contributed by atoms with van der Waals surface area (Å²) < 4.78 is 20.4. The molecule has 0 unspecified atom stereocenters. The van der Waals surface area contributed by atoms with Crippen LogP contribution in [0.2, 0.25) is 0 Å². The average molecular weight is 501 g/mol. The summed E-state index contributed by atoms with van der Waals surface area (Å²) in [6.07, 6.45) is 2.05. The molecular weight excluding hydrogens is 468 g/mol. The highest BCUT2D eigenvalue weighted by Gasteiger charge is 2.13. The third kappa shape index (κ3) is 9.65. The molecule has 0 bridgehead atoms. The molecule has 0 aliphatic rings. The second kappa shape index (κ2) is 15.0. The smallest absolute Gasteiger partial charge is 0.338 e. The summed E-state index contributed by atoms with van der Waals surface area (Å²) in [5.74, 6) is -0.864. The van der Waals surface area contributed by atoms with E-state index in [0.717, 1.165) is 12.8 Å². The van der Waals surface area contributed by atoms with E-state index in [2.05, 4.69) is 10.6 Å². The van der Waals surface area contributed by atoms with Crippen LogP contribution in [0, 0.1) is 0 Å². The average Bonchev–Trinajstić information content (AvgIpc) is 2.88. The van der Waals surface area contributed by atoms with E-state index >= 15 is 0 Å². The number of anilines is 2. The lowest BCUT2D eigenvalue weighted by Crippen LogP contribution is -2.21. The van der Waals surface area contributed by atoms with Gasteiger partial charge in [0, 0.05) is 24.6 Å². The molecule has 0 aliphatic heterocycles. The summed E-state index contributed by atoms with van der Waals surface area (Å²) in [5.41, 5.74) is 1.31. The van der Waals surface area contributed by atoms with Gasteiger partial charge >= 0.3 is 11.9 Å². The Morgan fingerprint density at radius 3 is 2.22 bits per heavy atom. The number of esters is 2. The fourth-order valence-electron chi connectivity index (χ4n) is 3.02. The van der Waals surface area contributed by atoms with Crippen molar-refractivity contribution in [2.75, 3.05) is 38.1 Å². The monoisotopic (exact) mass is 500 g/mol. The number of hydrogen-bond acceptors (Lipinski definition) is 8. The van der Waals surface area contributed by atoms with Gasteiger partial charge in [-0.15, -0.1) is 0 Å². The SMILES string of the molecule is CCCCOC(=O)c1ccc(NC(=O)CCCC(=O)OCC(=O)Nc2cc(OC)ccc2OC)cc1. The normalized spacial score (nSPS) is 10.2. The number of methoxy groups -OCH3 is 2. The van der Waals surface area contributed by atoms with E-state index in [4.69, 9.17) is 18.9 Å². The van der Waals surface area contributed by atoms with E-state index in [1.807, 2.05) is 6.92 Å². The van der Waals surface area contributed by atoms with Crippen LogP contribution < -0.4 is 20.1 Å². The zero-order chi connectivity index (χ0) is 26.3. The number of hydrogen-bond donors (Lipinski definition) is 2. The van der Waals surface area contributed by atoms with Crippen LogP contribution in [-0.2, 0) is 23.9 Å². The Balaban J connectivity index is 1.68. The topological polar surface area (TPSA) is 129 Å². The van der Waals surface area contributed by atoms with Gasteiger partial charge in [-0.25, -0.2) is 4.79 Å². The van der Waals surface area contributed by atoms with Gasteiger partial charge in [0.15, 0.2) is 6.61 Å². The molecule has 2 aromatic carbocycles. The second-order valence-electron chi connectivity index (χ2n) is 7.74. The first-order chi connectivity index (χ1) is 17.4.